The van der Waals surface area contributed by atoms with Gasteiger partial charge in [-0.2, -0.15) is 4.98 Å². The van der Waals surface area contributed by atoms with E-state index in [-0.39, 0.29) is 30.1 Å². The summed E-state index contributed by atoms with van der Waals surface area (Å²) in [6.45, 7) is 5.31. The topological polar surface area (TPSA) is 105 Å². The maximum Gasteiger partial charge on any atom is 0.270 e. The molecule has 1 aromatic heterocycles. The van der Waals surface area contributed by atoms with E-state index in [2.05, 4.69) is 23.2 Å². The Morgan fingerprint density at radius 1 is 1.14 bits per heavy atom. The maximum atomic E-state index is 13.4. The molecule has 1 aromatic rings. The van der Waals surface area contributed by atoms with Crippen LogP contribution < -0.4 is 10.2 Å². The third kappa shape index (κ3) is 4.07. The van der Waals surface area contributed by atoms with Crippen molar-refractivity contribution in [2.24, 2.45) is 5.92 Å². The van der Waals surface area contributed by atoms with Crippen LogP contribution in [0.3, 0.4) is 0 Å². The summed E-state index contributed by atoms with van der Waals surface area (Å²) in [4.78, 5) is 25.0. The number of carbonyl (C=O) groups excluding carboxylic acids is 1. The zero-order valence-electron chi connectivity index (χ0n) is 20.5. The minimum atomic E-state index is -1.13. The van der Waals surface area contributed by atoms with Crippen LogP contribution >= 0.6 is 0 Å². The van der Waals surface area contributed by atoms with Gasteiger partial charge >= 0.3 is 0 Å². The van der Waals surface area contributed by atoms with Gasteiger partial charge in [0, 0.05) is 56.0 Å². The molecular formula is C24H34BN7O2S. The lowest BCUT2D eigenvalue weighted by Crippen LogP contribution is -2.48. The first-order chi connectivity index (χ1) is 17.0. The van der Waals surface area contributed by atoms with Crippen LogP contribution in [-0.2, 0) is 21.4 Å². The van der Waals surface area contributed by atoms with Crippen molar-refractivity contribution in [1.82, 2.24) is 18.6 Å². The van der Waals surface area contributed by atoms with Crippen LogP contribution in [0.5, 0.6) is 0 Å². The van der Waals surface area contributed by atoms with Crippen molar-refractivity contribution >= 4 is 35.6 Å². The van der Waals surface area contributed by atoms with Gasteiger partial charge in [-0.15, -0.1) is 0 Å². The predicted molar refractivity (Wildman–Crippen MR) is 136 cm³/mol. The summed E-state index contributed by atoms with van der Waals surface area (Å²) in [5.74, 6) is 4.52. The second-order valence-electron chi connectivity index (χ2n) is 11.1. The maximum absolute atomic E-state index is 13.4. The molecule has 1 amide bonds. The van der Waals surface area contributed by atoms with Crippen LogP contribution in [0.25, 0.3) is 0 Å². The molecule has 0 radical (unpaired) electrons. The Bertz CT molecular complexity index is 1060. The lowest BCUT2D eigenvalue weighted by atomic mass is 9.45. The largest absolute Gasteiger partial charge is 0.351 e. The number of nitriles is 1. The summed E-state index contributed by atoms with van der Waals surface area (Å²) >= 11 is -1.13. The van der Waals surface area contributed by atoms with Gasteiger partial charge in [0.1, 0.15) is 5.82 Å². The molecule has 11 heteroatoms. The third-order valence-corrected chi connectivity index (χ3v) is 10.5. The normalized spacial score (nSPS) is 29.9. The number of carbonyl (C=O) groups is 1. The zero-order chi connectivity index (χ0) is 24.2. The highest BCUT2D eigenvalue weighted by molar-refractivity contribution is 7.80. The van der Waals surface area contributed by atoms with Crippen molar-refractivity contribution in [3.05, 3.63) is 11.8 Å². The number of amides is 1. The zero-order valence-corrected chi connectivity index (χ0v) is 21.3. The van der Waals surface area contributed by atoms with Crippen LogP contribution in [0.15, 0.2) is 6.20 Å². The SMILES string of the molecule is CC1CCCC1N1C(=O)C2(CC2)c2cnc(NC3CCN(S(=O)N4CCB(C#N)CC4)CC3)nc21. The Hall–Kier alpha value is -2.03. The molecule has 1 N–H and O–H groups in total. The molecule has 3 unspecified atom stereocenters. The van der Waals surface area contributed by atoms with Gasteiger partial charge in [0.05, 0.1) is 5.41 Å². The van der Waals surface area contributed by atoms with Crippen LogP contribution in [0.4, 0.5) is 11.8 Å². The van der Waals surface area contributed by atoms with E-state index >= 15 is 0 Å². The van der Waals surface area contributed by atoms with E-state index in [0.717, 1.165) is 82.3 Å². The van der Waals surface area contributed by atoms with E-state index in [0.29, 0.717) is 11.9 Å². The minimum absolute atomic E-state index is 0.100. The van der Waals surface area contributed by atoms with Gasteiger partial charge in [0.2, 0.25) is 11.9 Å². The van der Waals surface area contributed by atoms with Gasteiger partial charge in [0.15, 0.2) is 11.2 Å². The van der Waals surface area contributed by atoms with E-state index in [9.17, 15) is 9.00 Å². The van der Waals surface area contributed by atoms with Crippen molar-refractivity contribution in [3.8, 4) is 5.97 Å². The van der Waals surface area contributed by atoms with E-state index in [1.165, 1.54) is 12.8 Å². The highest BCUT2D eigenvalue weighted by atomic mass is 32.2. The molecule has 4 fully saturated rings. The number of rotatable bonds is 5. The summed E-state index contributed by atoms with van der Waals surface area (Å²) in [5, 5.41) is 12.6. The van der Waals surface area contributed by atoms with Gasteiger partial charge in [0.25, 0.3) is 6.71 Å². The second-order valence-corrected chi connectivity index (χ2v) is 12.6. The molecule has 2 saturated heterocycles. The monoisotopic (exact) mass is 495 g/mol. The van der Waals surface area contributed by atoms with Crippen molar-refractivity contribution in [2.75, 3.05) is 36.4 Å². The Balaban J connectivity index is 1.10. The molecule has 9 nitrogen and oxygen atoms in total. The van der Waals surface area contributed by atoms with Crippen LogP contribution in [0.1, 0.15) is 57.4 Å². The molecule has 6 rings (SSSR count). The number of hydrogen-bond acceptors (Lipinski definition) is 6. The molecule has 0 aromatic carbocycles. The fourth-order valence-corrected chi connectivity index (χ4v) is 7.85. The van der Waals surface area contributed by atoms with E-state index < -0.39 is 11.2 Å². The molecule has 3 atom stereocenters. The molecule has 35 heavy (non-hydrogen) atoms. The van der Waals surface area contributed by atoms with Gasteiger partial charge in [-0.05, 0) is 57.1 Å². The Morgan fingerprint density at radius 3 is 2.49 bits per heavy atom. The minimum Gasteiger partial charge on any atom is -0.351 e. The van der Waals surface area contributed by atoms with Crippen molar-refractivity contribution in [3.63, 3.8) is 0 Å². The molecule has 5 aliphatic rings. The number of piperidine rings is 1. The average molecular weight is 495 g/mol. The number of nitrogens with zero attached hydrogens (tertiary/aromatic N) is 6. The number of anilines is 2. The lowest BCUT2D eigenvalue weighted by molar-refractivity contribution is -0.120. The lowest BCUT2D eigenvalue weighted by Gasteiger charge is -2.36. The van der Waals surface area contributed by atoms with E-state index in [1.54, 1.807) is 0 Å². The highest BCUT2D eigenvalue weighted by Crippen LogP contribution is 2.58. The molecule has 1 spiro atoms. The first-order valence-electron chi connectivity index (χ1n) is 13.3. The molecule has 3 aliphatic heterocycles. The standard InChI is InChI=1S/C24H34BN7O2S/c1-17-3-2-4-20(17)32-21-19(24(7-8-24)22(32)33)15-27-23(29-21)28-18-5-11-30(12-6-18)35(34)31-13-9-25(16-26)10-14-31/h15,17-18,20H,2-14H2,1H3,(H,27,28,29). The number of nitrogens with one attached hydrogen (secondary N) is 1. The second kappa shape index (κ2) is 9.13. The fourth-order valence-electron chi connectivity index (χ4n) is 6.47. The van der Waals surface area contributed by atoms with Gasteiger partial charge in [-0.1, -0.05) is 13.3 Å². The van der Waals surface area contributed by atoms with Gasteiger partial charge < -0.3 is 5.32 Å². The Kier molecular flexibility index (Phi) is 6.10. The predicted octanol–water partition coefficient (Wildman–Crippen LogP) is 2.37. The summed E-state index contributed by atoms with van der Waals surface area (Å²) in [5.41, 5.74) is 0.672. The Morgan fingerprint density at radius 2 is 1.86 bits per heavy atom. The molecular weight excluding hydrogens is 461 g/mol. The molecule has 2 aliphatic carbocycles. The third-order valence-electron chi connectivity index (χ3n) is 8.90. The summed E-state index contributed by atoms with van der Waals surface area (Å²) in [6.07, 6.45) is 10.5. The molecule has 4 heterocycles. The molecule has 0 bridgehead atoms. The Labute approximate surface area is 210 Å². The summed E-state index contributed by atoms with van der Waals surface area (Å²) < 4.78 is 17.1. The first-order valence-corrected chi connectivity index (χ1v) is 14.4. The van der Waals surface area contributed by atoms with Crippen LogP contribution in [0, 0.1) is 17.1 Å². The van der Waals surface area contributed by atoms with Crippen LogP contribution in [0.2, 0.25) is 12.6 Å². The van der Waals surface area contributed by atoms with Crippen molar-refractivity contribution in [2.45, 2.75) is 82.0 Å². The fraction of sp³-hybridized carbons (Fsp3) is 0.750. The number of aromatic nitrogens is 2. The first kappa shape index (κ1) is 23.4. The van der Waals surface area contributed by atoms with E-state index in [4.69, 9.17) is 10.2 Å². The van der Waals surface area contributed by atoms with Crippen molar-refractivity contribution in [1.29, 1.82) is 5.26 Å². The van der Waals surface area contributed by atoms with Gasteiger partial charge in [-0.3, -0.25) is 9.69 Å². The number of fused-ring (bicyclic) bond motifs is 2. The van der Waals surface area contributed by atoms with Crippen LogP contribution in [-0.4, -0.2) is 73.7 Å². The number of hydrogen-bond donors (Lipinski definition) is 1. The highest BCUT2D eigenvalue weighted by Gasteiger charge is 2.62. The molecule has 2 saturated carbocycles. The average Bonchev–Trinajstić information content (AvgIpc) is 3.54. The summed E-state index contributed by atoms with van der Waals surface area (Å²) in [7, 11) is 0. The van der Waals surface area contributed by atoms with E-state index in [1.807, 2.05) is 19.7 Å². The van der Waals surface area contributed by atoms with Gasteiger partial charge in [-0.25, -0.2) is 23.1 Å². The summed E-state index contributed by atoms with van der Waals surface area (Å²) in [6, 6.07) is 0.469. The molecule has 186 valence electrons. The smallest absolute Gasteiger partial charge is 0.270 e. The van der Waals surface area contributed by atoms with Crippen molar-refractivity contribution < 1.29 is 9.00 Å². The quantitative estimate of drug-likeness (QED) is 0.629.